The lowest BCUT2D eigenvalue weighted by molar-refractivity contribution is -0.138. The van der Waals surface area contributed by atoms with Gasteiger partial charge >= 0.3 is 12.0 Å². The highest BCUT2D eigenvalue weighted by Gasteiger charge is 2.38. The number of amides is 2. The van der Waals surface area contributed by atoms with Crippen LogP contribution < -0.4 is 10.2 Å². The fourth-order valence-corrected chi connectivity index (χ4v) is 2.47. The first kappa shape index (κ1) is 13.2. The van der Waals surface area contributed by atoms with E-state index in [1.165, 1.54) is 4.90 Å². The number of fused-ring (bicyclic) bond motifs is 1. The summed E-state index contributed by atoms with van der Waals surface area (Å²) in [5.74, 6) is -1.01. The summed E-state index contributed by atoms with van der Waals surface area (Å²) in [5, 5.41) is 18.5. The number of aliphatic carboxylic acids is 1. The lowest BCUT2D eigenvalue weighted by Crippen LogP contribution is -2.47. The highest BCUT2D eigenvalue weighted by molar-refractivity contribution is 6.01. The number of carboxylic acid groups (broad SMARTS) is 1. The molecule has 0 saturated heterocycles. The molecule has 2 heterocycles. The van der Waals surface area contributed by atoms with Gasteiger partial charge in [-0.15, -0.1) is 0 Å². The molecule has 2 aromatic rings. The zero-order chi connectivity index (χ0) is 14.8. The number of hydrogen-bond acceptors (Lipinski definition) is 3. The number of nitrogens with zero attached hydrogens (tertiary/aromatic N) is 2. The summed E-state index contributed by atoms with van der Waals surface area (Å²) in [6.07, 6.45) is 3.60. The number of carboxylic acids is 1. The first-order chi connectivity index (χ1) is 10.2. The van der Waals surface area contributed by atoms with Crippen molar-refractivity contribution < 1.29 is 14.7 Å². The van der Waals surface area contributed by atoms with E-state index < -0.39 is 18.0 Å². The fraction of sp³-hybridized carbons (Fsp3) is 0.214. The largest absolute Gasteiger partial charge is 0.480 e. The zero-order valence-corrected chi connectivity index (χ0v) is 11.1. The third-order valence-corrected chi connectivity index (χ3v) is 3.48. The van der Waals surface area contributed by atoms with Crippen molar-refractivity contribution in [1.29, 1.82) is 0 Å². The van der Waals surface area contributed by atoms with E-state index in [0.29, 0.717) is 18.7 Å². The number of aromatic amines is 1. The number of nitrogens with one attached hydrogen (secondary N) is 2. The van der Waals surface area contributed by atoms with Gasteiger partial charge in [-0.25, -0.2) is 9.59 Å². The van der Waals surface area contributed by atoms with Gasteiger partial charge in [-0.05, 0) is 11.6 Å². The normalized spacial score (nSPS) is 16.6. The third-order valence-electron chi connectivity index (χ3n) is 3.48. The standard InChI is InChI=1S/C14H14N4O3/c19-13(20)12-5-10-3-1-2-4-11(10)18(12)14(21)15-6-9-7-16-17-8-9/h1-4,7-8,12H,5-6H2,(H,15,21)(H,16,17)(H,19,20)/t12-/m0/s1. The lowest BCUT2D eigenvalue weighted by Gasteiger charge is -2.22. The quantitative estimate of drug-likeness (QED) is 0.787. The van der Waals surface area contributed by atoms with Crippen molar-refractivity contribution >= 4 is 17.7 Å². The van der Waals surface area contributed by atoms with Gasteiger partial charge in [-0.2, -0.15) is 5.10 Å². The summed E-state index contributed by atoms with van der Waals surface area (Å²) < 4.78 is 0. The molecule has 1 aliphatic rings. The van der Waals surface area contributed by atoms with Crippen LogP contribution in [0.3, 0.4) is 0 Å². The average Bonchev–Trinajstić information content (AvgIpc) is 3.11. The van der Waals surface area contributed by atoms with Crippen LogP contribution in [-0.2, 0) is 17.8 Å². The molecule has 0 radical (unpaired) electrons. The molecule has 2 amide bonds. The Kier molecular flexibility index (Phi) is 3.31. The summed E-state index contributed by atoms with van der Waals surface area (Å²) in [7, 11) is 0. The summed E-state index contributed by atoms with van der Waals surface area (Å²) in [6, 6.07) is 5.94. The van der Waals surface area contributed by atoms with Crippen molar-refractivity contribution in [2.75, 3.05) is 4.90 Å². The van der Waals surface area contributed by atoms with E-state index in [9.17, 15) is 14.7 Å². The van der Waals surface area contributed by atoms with Crippen LogP contribution in [0.2, 0.25) is 0 Å². The number of para-hydroxylation sites is 1. The number of anilines is 1. The first-order valence-electron chi connectivity index (χ1n) is 6.52. The predicted molar refractivity (Wildman–Crippen MR) is 74.9 cm³/mol. The van der Waals surface area contributed by atoms with Gasteiger partial charge < -0.3 is 10.4 Å². The van der Waals surface area contributed by atoms with Gasteiger partial charge in [0.2, 0.25) is 0 Å². The summed E-state index contributed by atoms with van der Waals surface area (Å²) >= 11 is 0. The number of carbonyl (C=O) groups is 2. The Bertz CT molecular complexity index is 669. The predicted octanol–water partition coefficient (Wildman–Crippen LogP) is 1.14. The van der Waals surface area contributed by atoms with Crippen LogP contribution >= 0.6 is 0 Å². The van der Waals surface area contributed by atoms with Gasteiger partial charge in [0.15, 0.2) is 0 Å². The van der Waals surface area contributed by atoms with E-state index >= 15 is 0 Å². The molecule has 7 nitrogen and oxygen atoms in total. The smallest absolute Gasteiger partial charge is 0.327 e. The highest BCUT2D eigenvalue weighted by atomic mass is 16.4. The van der Waals surface area contributed by atoms with Crippen molar-refractivity contribution in [2.24, 2.45) is 0 Å². The SMILES string of the molecule is O=C(O)[C@@H]1Cc2ccccc2N1C(=O)NCc1cn[nH]c1. The molecule has 3 rings (SSSR count). The van der Waals surface area contributed by atoms with Gasteiger partial charge in [0, 0.05) is 30.4 Å². The van der Waals surface area contributed by atoms with Gasteiger partial charge in [0.1, 0.15) is 6.04 Å². The number of carbonyl (C=O) groups excluding carboxylic acids is 1. The van der Waals surface area contributed by atoms with E-state index in [1.807, 2.05) is 12.1 Å². The highest BCUT2D eigenvalue weighted by Crippen LogP contribution is 2.32. The number of hydrogen-bond donors (Lipinski definition) is 3. The summed E-state index contributed by atoms with van der Waals surface area (Å²) in [6.45, 7) is 0.292. The number of aromatic nitrogens is 2. The Hall–Kier alpha value is -2.83. The minimum absolute atomic E-state index is 0.292. The second kappa shape index (κ2) is 5.28. The Morgan fingerprint density at radius 2 is 2.24 bits per heavy atom. The molecule has 0 bridgehead atoms. The molecule has 0 fully saturated rings. The molecule has 1 atom stereocenters. The van der Waals surface area contributed by atoms with Crippen molar-refractivity contribution in [3.63, 3.8) is 0 Å². The molecule has 0 saturated carbocycles. The molecule has 108 valence electrons. The van der Waals surface area contributed by atoms with Crippen LogP contribution in [0, 0.1) is 0 Å². The molecule has 3 N–H and O–H groups in total. The Balaban J connectivity index is 1.80. The molecule has 0 unspecified atom stereocenters. The Morgan fingerprint density at radius 1 is 1.43 bits per heavy atom. The number of urea groups is 1. The van der Waals surface area contributed by atoms with Crippen molar-refractivity contribution in [1.82, 2.24) is 15.5 Å². The Labute approximate surface area is 120 Å². The second-order valence-corrected chi connectivity index (χ2v) is 4.82. The minimum Gasteiger partial charge on any atom is -0.480 e. The zero-order valence-electron chi connectivity index (χ0n) is 11.1. The first-order valence-corrected chi connectivity index (χ1v) is 6.52. The maximum Gasteiger partial charge on any atom is 0.327 e. The molecule has 0 spiro atoms. The van der Waals surface area contributed by atoms with Crippen LogP contribution in [0.1, 0.15) is 11.1 Å². The maximum absolute atomic E-state index is 12.3. The molecule has 1 aromatic heterocycles. The third kappa shape index (κ3) is 2.45. The molecule has 7 heteroatoms. The lowest BCUT2D eigenvalue weighted by atomic mass is 10.1. The maximum atomic E-state index is 12.3. The van der Waals surface area contributed by atoms with Gasteiger partial charge in [0.05, 0.1) is 6.20 Å². The molecule has 21 heavy (non-hydrogen) atoms. The number of rotatable bonds is 3. The molecule has 1 aromatic carbocycles. The summed E-state index contributed by atoms with van der Waals surface area (Å²) in [5.41, 5.74) is 2.33. The van der Waals surface area contributed by atoms with Gasteiger partial charge in [-0.3, -0.25) is 10.00 Å². The van der Waals surface area contributed by atoms with Crippen LogP contribution in [0.4, 0.5) is 10.5 Å². The average molecular weight is 286 g/mol. The Morgan fingerprint density at radius 3 is 2.95 bits per heavy atom. The van der Waals surface area contributed by atoms with Crippen LogP contribution in [-0.4, -0.2) is 33.3 Å². The molecular weight excluding hydrogens is 272 g/mol. The number of H-pyrrole nitrogens is 1. The van der Waals surface area contributed by atoms with E-state index in [2.05, 4.69) is 15.5 Å². The fourth-order valence-electron chi connectivity index (χ4n) is 2.47. The molecule has 0 aliphatic carbocycles. The van der Waals surface area contributed by atoms with Crippen LogP contribution in [0.15, 0.2) is 36.7 Å². The topological polar surface area (TPSA) is 98.3 Å². The summed E-state index contributed by atoms with van der Waals surface area (Å²) in [4.78, 5) is 25.0. The van der Waals surface area contributed by atoms with Crippen LogP contribution in [0.25, 0.3) is 0 Å². The van der Waals surface area contributed by atoms with Crippen LogP contribution in [0.5, 0.6) is 0 Å². The second-order valence-electron chi connectivity index (χ2n) is 4.82. The van der Waals surface area contributed by atoms with Gasteiger partial charge in [0.25, 0.3) is 0 Å². The van der Waals surface area contributed by atoms with E-state index in [0.717, 1.165) is 11.1 Å². The monoisotopic (exact) mass is 286 g/mol. The minimum atomic E-state index is -1.01. The van der Waals surface area contributed by atoms with E-state index in [4.69, 9.17) is 0 Å². The van der Waals surface area contributed by atoms with Crippen molar-refractivity contribution in [3.05, 3.63) is 47.8 Å². The molecule has 1 aliphatic heterocycles. The van der Waals surface area contributed by atoms with Crippen molar-refractivity contribution in [2.45, 2.75) is 19.0 Å². The van der Waals surface area contributed by atoms with Crippen molar-refractivity contribution in [3.8, 4) is 0 Å². The molecular formula is C14H14N4O3. The van der Waals surface area contributed by atoms with Gasteiger partial charge in [-0.1, -0.05) is 18.2 Å². The van der Waals surface area contributed by atoms with E-state index in [-0.39, 0.29) is 0 Å². The van der Waals surface area contributed by atoms with E-state index in [1.54, 1.807) is 24.5 Å². The number of benzene rings is 1.